The highest BCUT2D eigenvalue weighted by atomic mass is 32.2. The minimum Gasteiger partial charge on any atom is -0.302 e. The van der Waals surface area contributed by atoms with Gasteiger partial charge >= 0.3 is 0 Å². The van der Waals surface area contributed by atoms with E-state index in [0.717, 1.165) is 30.4 Å². The maximum Gasteiger partial charge on any atom is 0.226 e. The Hall–Kier alpha value is -2.40. The van der Waals surface area contributed by atoms with Crippen LogP contribution in [0.5, 0.6) is 0 Å². The number of rotatable bonds is 6. The lowest BCUT2D eigenvalue weighted by Gasteiger charge is -2.36. The number of hydrogen-bond donors (Lipinski definition) is 1. The number of nitrogens with one attached hydrogen (secondary N) is 1. The summed E-state index contributed by atoms with van der Waals surface area (Å²) in [5.41, 5.74) is 0.497. The van der Waals surface area contributed by atoms with Gasteiger partial charge in [-0.2, -0.15) is 0 Å². The van der Waals surface area contributed by atoms with E-state index in [-0.39, 0.29) is 16.2 Å². The van der Waals surface area contributed by atoms with Crippen molar-refractivity contribution >= 4 is 42.4 Å². The van der Waals surface area contributed by atoms with Crippen LogP contribution in [0.3, 0.4) is 0 Å². The van der Waals surface area contributed by atoms with Crippen LogP contribution in [-0.2, 0) is 21.2 Å². The Labute approximate surface area is 172 Å². The number of amides is 1. The van der Waals surface area contributed by atoms with Crippen LogP contribution in [0, 0.1) is 5.41 Å². The van der Waals surface area contributed by atoms with Crippen LogP contribution in [0.4, 0.5) is 5.13 Å². The molecule has 1 aliphatic carbocycles. The zero-order valence-electron chi connectivity index (χ0n) is 16.0. The number of tetrazole rings is 1. The first-order chi connectivity index (χ1) is 13.8. The van der Waals surface area contributed by atoms with Crippen molar-refractivity contribution in [3.8, 4) is 0 Å². The molecule has 1 fully saturated rings. The van der Waals surface area contributed by atoms with Gasteiger partial charge in [-0.3, -0.25) is 4.79 Å². The van der Waals surface area contributed by atoms with Crippen LogP contribution in [0.1, 0.15) is 38.5 Å². The van der Waals surface area contributed by atoms with Gasteiger partial charge in [0.2, 0.25) is 5.91 Å². The Morgan fingerprint density at radius 1 is 1.28 bits per heavy atom. The molecule has 1 N–H and O–H groups in total. The van der Waals surface area contributed by atoms with Crippen molar-refractivity contribution in [2.75, 3.05) is 11.6 Å². The lowest BCUT2D eigenvalue weighted by atomic mass is 9.71. The third-order valence-corrected chi connectivity index (χ3v) is 7.42. The van der Waals surface area contributed by atoms with E-state index >= 15 is 0 Å². The molecule has 1 aromatic carbocycles. The molecule has 4 rings (SSSR count). The number of nitrogens with zero attached hydrogens (tertiary/aromatic N) is 5. The number of aromatic nitrogens is 5. The number of carbonyl (C=O) groups is 1. The standard InChI is InChI=1S/C18H22N6O3S2/c1-29(26,27)13-5-6-14-15(9-13)28-17(20-14)21-16(25)10-18(7-3-2-4-8-18)11-24-12-19-22-23-24/h5-6,9,12H,2-4,7-8,10-11H2,1H3,(H,20,21,25). The number of carbonyl (C=O) groups excluding carboxylic acids is 1. The lowest BCUT2D eigenvalue weighted by molar-refractivity contribution is -0.119. The van der Waals surface area contributed by atoms with E-state index in [1.54, 1.807) is 23.1 Å². The largest absolute Gasteiger partial charge is 0.302 e. The van der Waals surface area contributed by atoms with Crippen LogP contribution in [0.25, 0.3) is 10.2 Å². The van der Waals surface area contributed by atoms with Crippen molar-refractivity contribution in [2.45, 2.75) is 50.0 Å². The van der Waals surface area contributed by atoms with Crippen LogP contribution in [-0.4, -0.2) is 45.8 Å². The number of anilines is 1. The van der Waals surface area contributed by atoms with Gasteiger partial charge in [0.25, 0.3) is 0 Å². The summed E-state index contributed by atoms with van der Waals surface area (Å²) in [6, 6.07) is 4.79. The van der Waals surface area contributed by atoms with Crippen molar-refractivity contribution in [1.82, 2.24) is 25.2 Å². The molecule has 0 radical (unpaired) electrons. The minimum absolute atomic E-state index is 0.0950. The molecular weight excluding hydrogens is 412 g/mol. The van der Waals surface area contributed by atoms with Crippen LogP contribution in [0.15, 0.2) is 29.4 Å². The highest BCUT2D eigenvalue weighted by Gasteiger charge is 2.35. The molecule has 1 amide bonds. The summed E-state index contributed by atoms with van der Waals surface area (Å²) in [5.74, 6) is -0.0950. The van der Waals surface area contributed by atoms with Gasteiger partial charge in [0.1, 0.15) is 6.33 Å². The molecule has 0 atom stereocenters. The van der Waals surface area contributed by atoms with E-state index in [9.17, 15) is 13.2 Å². The number of sulfone groups is 1. The summed E-state index contributed by atoms with van der Waals surface area (Å²) in [6.45, 7) is 0.616. The van der Waals surface area contributed by atoms with Crippen LogP contribution >= 0.6 is 11.3 Å². The average Bonchev–Trinajstić information content (AvgIpc) is 3.29. The van der Waals surface area contributed by atoms with Crippen molar-refractivity contribution in [3.63, 3.8) is 0 Å². The Morgan fingerprint density at radius 3 is 2.76 bits per heavy atom. The molecule has 1 aliphatic rings. The van der Waals surface area contributed by atoms with E-state index in [1.165, 1.54) is 30.1 Å². The SMILES string of the molecule is CS(=O)(=O)c1ccc2nc(NC(=O)CC3(Cn4cnnn4)CCCCC3)sc2c1. The molecule has 2 aromatic heterocycles. The van der Waals surface area contributed by atoms with Crippen molar-refractivity contribution in [2.24, 2.45) is 5.41 Å². The highest BCUT2D eigenvalue weighted by molar-refractivity contribution is 7.90. The third-order valence-electron chi connectivity index (χ3n) is 5.37. The second-order valence-electron chi connectivity index (χ2n) is 7.71. The second-order valence-corrected chi connectivity index (χ2v) is 10.8. The van der Waals surface area contributed by atoms with Crippen LogP contribution < -0.4 is 5.32 Å². The smallest absolute Gasteiger partial charge is 0.226 e. The zero-order valence-corrected chi connectivity index (χ0v) is 17.7. The lowest BCUT2D eigenvalue weighted by Crippen LogP contribution is -2.34. The molecule has 9 nitrogen and oxygen atoms in total. The number of benzene rings is 1. The molecule has 29 heavy (non-hydrogen) atoms. The zero-order chi connectivity index (χ0) is 20.5. The van der Waals surface area contributed by atoms with E-state index in [0.29, 0.717) is 23.6 Å². The molecule has 0 spiro atoms. The summed E-state index contributed by atoms with van der Waals surface area (Å²) in [7, 11) is -3.29. The molecule has 0 saturated heterocycles. The van der Waals surface area contributed by atoms with E-state index in [2.05, 4.69) is 25.8 Å². The van der Waals surface area contributed by atoms with Gasteiger partial charge in [-0.05, 0) is 46.9 Å². The molecule has 11 heteroatoms. The van der Waals surface area contributed by atoms with Gasteiger partial charge in [-0.25, -0.2) is 18.1 Å². The summed E-state index contributed by atoms with van der Waals surface area (Å²) < 4.78 is 25.9. The minimum atomic E-state index is -3.29. The predicted molar refractivity (Wildman–Crippen MR) is 109 cm³/mol. The first-order valence-electron chi connectivity index (χ1n) is 9.44. The summed E-state index contributed by atoms with van der Waals surface area (Å²) in [6.07, 6.45) is 8.40. The molecule has 0 aliphatic heterocycles. The fourth-order valence-corrected chi connectivity index (χ4v) is 5.63. The summed E-state index contributed by atoms with van der Waals surface area (Å²) >= 11 is 1.28. The maximum atomic E-state index is 12.8. The first kappa shape index (κ1) is 19.9. The van der Waals surface area contributed by atoms with Gasteiger partial charge in [-0.1, -0.05) is 30.6 Å². The Morgan fingerprint density at radius 2 is 2.07 bits per heavy atom. The fraction of sp³-hybridized carbons (Fsp3) is 0.500. The Balaban J connectivity index is 1.50. The topological polar surface area (TPSA) is 120 Å². The van der Waals surface area contributed by atoms with E-state index < -0.39 is 9.84 Å². The second kappa shape index (κ2) is 7.79. The maximum absolute atomic E-state index is 12.8. The monoisotopic (exact) mass is 434 g/mol. The summed E-state index contributed by atoms with van der Waals surface area (Å²) in [4.78, 5) is 17.5. The Bertz CT molecular complexity index is 1120. The first-order valence-corrected chi connectivity index (χ1v) is 12.2. The molecule has 2 heterocycles. The van der Waals surface area contributed by atoms with Crippen LogP contribution in [0.2, 0.25) is 0 Å². The molecule has 3 aromatic rings. The van der Waals surface area contributed by atoms with Gasteiger partial charge in [0, 0.05) is 12.7 Å². The molecule has 154 valence electrons. The van der Waals surface area contributed by atoms with E-state index in [1.807, 2.05) is 0 Å². The van der Waals surface area contributed by atoms with Crippen molar-refractivity contribution in [3.05, 3.63) is 24.5 Å². The van der Waals surface area contributed by atoms with Gasteiger partial charge in [0.05, 0.1) is 21.7 Å². The van der Waals surface area contributed by atoms with Gasteiger partial charge in [-0.15, -0.1) is 5.10 Å². The number of hydrogen-bond acceptors (Lipinski definition) is 8. The number of fused-ring (bicyclic) bond motifs is 1. The molecular formula is C18H22N6O3S2. The number of thiazole rings is 1. The molecule has 0 bridgehead atoms. The normalized spacial score (nSPS) is 16.7. The third kappa shape index (κ3) is 4.61. The highest BCUT2D eigenvalue weighted by Crippen LogP contribution is 2.41. The molecule has 1 saturated carbocycles. The quantitative estimate of drug-likeness (QED) is 0.633. The van der Waals surface area contributed by atoms with Crippen molar-refractivity contribution < 1.29 is 13.2 Å². The fourth-order valence-electron chi connectivity index (χ4n) is 3.98. The summed E-state index contributed by atoms with van der Waals surface area (Å²) in [5, 5.41) is 14.7. The predicted octanol–water partition coefficient (Wildman–Crippen LogP) is 2.67. The Kier molecular flexibility index (Phi) is 5.34. The average molecular weight is 435 g/mol. The van der Waals surface area contributed by atoms with Crippen molar-refractivity contribution in [1.29, 1.82) is 0 Å². The van der Waals surface area contributed by atoms with Gasteiger partial charge in [0.15, 0.2) is 15.0 Å². The van der Waals surface area contributed by atoms with E-state index in [4.69, 9.17) is 0 Å². The molecule has 0 unspecified atom stereocenters. The van der Waals surface area contributed by atoms with Gasteiger partial charge < -0.3 is 5.32 Å².